The molecule has 2 rings (SSSR count). The standard InChI is InChI=1S/C17H22N2O4/c1-17(2,3)18-14(20)11-23-16(22)12-7-4-5-8-13(12)19-10-6-9-15(19)21/h4-5,7-8H,6,9-11H2,1-3H3,(H,18,20). The van der Waals surface area contributed by atoms with E-state index in [1.165, 1.54) is 0 Å². The molecule has 0 aliphatic carbocycles. The fraction of sp³-hybridized carbons (Fsp3) is 0.471. The molecule has 23 heavy (non-hydrogen) atoms. The smallest absolute Gasteiger partial charge is 0.340 e. The van der Waals surface area contributed by atoms with Gasteiger partial charge in [-0.1, -0.05) is 12.1 Å². The van der Waals surface area contributed by atoms with Crippen LogP contribution in [0.2, 0.25) is 0 Å². The Labute approximate surface area is 135 Å². The van der Waals surface area contributed by atoms with E-state index in [1.807, 2.05) is 20.8 Å². The summed E-state index contributed by atoms with van der Waals surface area (Å²) in [5.41, 5.74) is 0.450. The Hall–Kier alpha value is -2.37. The molecule has 1 aromatic carbocycles. The molecule has 0 unspecified atom stereocenters. The Bertz CT molecular complexity index is 619. The summed E-state index contributed by atoms with van der Waals surface area (Å²) in [5, 5.41) is 2.72. The van der Waals surface area contributed by atoms with Crippen LogP contribution in [0, 0.1) is 0 Å². The third kappa shape index (κ3) is 4.55. The van der Waals surface area contributed by atoms with Crippen LogP contribution in [0.4, 0.5) is 5.69 Å². The summed E-state index contributed by atoms with van der Waals surface area (Å²) in [7, 11) is 0. The van der Waals surface area contributed by atoms with Crippen LogP contribution in [0.3, 0.4) is 0 Å². The number of anilines is 1. The van der Waals surface area contributed by atoms with Crippen molar-refractivity contribution in [1.29, 1.82) is 0 Å². The minimum absolute atomic E-state index is 0.00396. The number of ether oxygens (including phenoxy) is 1. The van der Waals surface area contributed by atoms with Gasteiger partial charge in [0.1, 0.15) is 0 Å². The highest BCUT2D eigenvalue weighted by atomic mass is 16.5. The lowest BCUT2D eigenvalue weighted by Gasteiger charge is -2.21. The van der Waals surface area contributed by atoms with Gasteiger partial charge in [0.05, 0.1) is 11.3 Å². The summed E-state index contributed by atoms with van der Waals surface area (Å²) in [6.07, 6.45) is 1.26. The van der Waals surface area contributed by atoms with Crippen LogP contribution in [-0.4, -0.2) is 36.5 Å². The normalized spacial score (nSPS) is 14.7. The van der Waals surface area contributed by atoms with E-state index in [4.69, 9.17) is 4.74 Å². The van der Waals surface area contributed by atoms with Gasteiger partial charge >= 0.3 is 5.97 Å². The number of amides is 2. The Kier molecular flexibility index (Phi) is 5.03. The summed E-state index contributed by atoms with van der Waals surface area (Å²) in [4.78, 5) is 37.5. The molecule has 0 saturated carbocycles. The first-order chi connectivity index (χ1) is 10.8. The maximum absolute atomic E-state index is 12.3. The molecule has 6 heteroatoms. The molecule has 0 aromatic heterocycles. The topological polar surface area (TPSA) is 75.7 Å². The van der Waals surface area contributed by atoms with Gasteiger partial charge < -0.3 is 15.0 Å². The van der Waals surface area contributed by atoms with E-state index in [0.717, 1.165) is 6.42 Å². The molecule has 0 atom stereocenters. The van der Waals surface area contributed by atoms with Gasteiger partial charge in [0.25, 0.3) is 5.91 Å². The van der Waals surface area contributed by atoms with Gasteiger partial charge in [-0.05, 0) is 39.3 Å². The average Bonchev–Trinajstić information content (AvgIpc) is 2.89. The molecule has 0 spiro atoms. The molecule has 0 radical (unpaired) electrons. The maximum Gasteiger partial charge on any atom is 0.340 e. The van der Waals surface area contributed by atoms with Gasteiger partial charge in [0, 0.05) is 18.5 Å². The largest absolute Gasteiger partial charge is 0.452 e. The number of rotatable bonds is 4. The number of carbonyl (C=O) groups excluding carboxylic acids is 3. The average molecular weight is 318 g/mol. The first-order valence-electron chi connectivity index (χ1n) is 7.65. The molecule has 0 bridgehead atoms. The number of nitrogens with one attached hydrogen (secondary N) is 1. The first kappa shape index (κ1) is 17.0. The van der Waals surface area contributed by atoms with Gasteiger partial charge in [-0.2, -0.15) is 0 Å². The lowest BCUT2D eigenvalue weighted by molar-refractivity contribution is -0.125. The van der Waals surface area contributed by atoms with Gasteiger partial charge in [-0.25, -0.2) is 4.79 Å². The van der Waals surface area contributed by atoms with Crippen LogP contribution >= 0.6 is 0 Å². The number of hydrogen-bond donors (Lipinski definition) is 1. The van der Waals surface area contributed by atoms with Crippen LogP contribution in [0.1, 0.15) is 44.0 Å². The van der Waals surface area contributed by atoms with Crippen molar-refractivity contribution in [2.24, 2.45) is 0 Å². The van der Waals surface area contributed by atoms with Gasteiger partial charge in [-0.15, -0.1) is 0 Å². The second-order valence-corrected chi connectivity index (χ2v) is 6.54. The molecule has 1 saturated heterocycles. The zero-order chi connectivity index (χ0) is 17.0. The summed E-state index contributed by atoms with van der Waals surface area (Å²) in [5.74, 6) is -0.972. The molecule has 1 N–H and O–H groups in total. The van der Waals surface area contributed by atoms with Crippen molar-refractivity contribution in [2.75, 3.05) is 18.1 Å². The van der Waals surface area contributed by atoms with Crippen molar-refractivity contribution >= 4 is 23.5 Å². The number of nitrogens with zero attached hydrogens (tertiary/aromatic N) is 1. The van der Waals surface area contributed by atoms with Gasteiger partial charge in [-0.3, -0.25) is 9.59 Å². The van der Waals surface area contributed by atoms with Crippen molar-refractivity contribution in [3.05, 3.63) is 29.8 Å². The Morgan fingerprint density at radius 3 is 2.57 bits per heavy atom. The van der Waals surface area contributed by atoms with Crippen molar-refractivity contribution in [2.45, 2.75) is 39.2 Å². The van der Waals surface area contributed by atoms with E-state index >= 15 is 0 Å². The second kappa shape index (κ2) is 6.81. The van der Waals surface area contributed by atoms with Crippen LogP contribution in [0.5, 0.6) is 0 Å². The molecule has 1 aromatic rings. The number of benzene rings is 1. The van der Waals surface area contributed by atoms with E-state index in [1.54, 1.807) is 29.2 Å². The molecular weight excluding hydrogens is 296 g/mol. The van der Waals surface area contributed by atoms with Crippen molar-refractivity contribution < 1.29 is 19.1 Å². The third-order valence-electron chi connectivity index (χ3n) is 3.34. The predicted molar refractivity (Wildman–Crippen MR) is 86.2 cm³/mol. The van der Waals surface area contributed by atoms with E-state index < -0.39 is 5.97 Å². The van der Waals surface area contributed by atoms with Crippen molar-refractivity contribution in [1.82, 2.24) is 5.32 Å². The van der Waals surface area contributed by atoms with Gasteiger partial charge in [0.2, 0.25) is 5.91 Å². The predicted octanol–water partition coefficient (Wildman–Crippen LogP) is 1.88. The number of carbonyl (C=O) groups is 3. The zero-order valence-corrected chi connectivity index (χ0v) is 13.7. The van der Waals surface area contributed by atoms with E-state index in [-0.39, 0.29) is 24.0 Å². The molecule has 1 aliphatic rings. The minimum atomic E-state index is -0.607. The summed E-state index contributed by atoms with van der Waals surface area (Å²) in [6, 6.07) is 6.79. The highest BCUT2D eigenvalue weighted by molar-refractivity contribution is 6.03. The highest BCUT2D eigenvalue weighted by Gasteiger charge is 2.26. The minimum Gasteiger partial charge on any atom is -0.452 e. The summed E-state index contributed by atoms with van der Waals surface area (Å²) in [6.45, 7) is 5.79. The molecule has 1 heterocycles. The molecular formula is C17H22N2O4. The summed E-state index contributed by atoms with van der Waals surface area (Å²) >= 11 is 0. The van der Waals surface area contributed by atoms with Crippen LogP contribution < -0.4 is 10.2 Å². The van der Waals surface area contributed by atoms with E-state index in [0.29, 0.717) is 24.2 Å². The third-order valence-corrected chi connectivity index (χ3v) is 3.34. The van der Waals surface area contributed by atoms with Crippen LogP contribution in [0.15, 0.2) is 24.3 Å². The lowest BCUT2D eigenvalue weighted by Crippen LogP contribution is -2.42. The van der Waals surface area contributed by atoms with Crippen LogP contribution in [-0.2, 0) is 14.3 Å². The Morgan fingerprint density at radius 2 is 1.96 bits per heavy atom. The second-order valence-electron chi connectivity index (χ2n) is 6.54. The van der Waals surface area contributed by atoms with Crippen LogP contribution in [0.25, 0.3) is 0 Å². The number of hydrogen-bond acceptors (Lipinski definition) is 4. The monoisotopic (exact) mass is 318 g/mol. The Morgan fingerprint density at radius 1 is 1.26 bits per heavy atom. The summed E-state index contributed by atoms with van der Waals surface area (Å²) < 4.78 is 5.08. The lowest BCUT2D eigenvalue weighted by atomic mass is 10.1. The number of para-hydroxylation sites is 1. The first-order valence-corrected chi connectivity index (χ1v) is 7.65. The zero-order valence-electron chi connectivity index (χ0n) is 13.7. The fourth-order valence-corrected chi connectivity index (χ4v) is 2.45. The van der Waals surface area contributed by atoms with Crippen molar-refractivity contribution in [3.8, 4) is 0 Å². The molecule has 2 amide bonds. The van der Waals surface area contributed by atoms with E-state index in [9.17, 15) is 14.4 Å². The number of esters is 1. The molecule has 6 nitrogen and oxygen atoms in total. The molecule has 1 aliphatic heterocycles. The maximum atomic E-state index is 12.3. The Balaban J connectivity index is 2.05. The molecule has 124 valence electrons. The van der Waals surface area contributed by atoms with Crippen molar-refractivity contribution in [3.63, 3.8) is 0 Å². The highest BCUT2D eigenvalue weighted by Crippen LogP contribution is 2.25. The fourth-order valence-electron chi connectivity index (χ4n) is 2.45. The van der Waals surface area contributed by atoms with E-state index in [2.05, 4.69) is 5.32 Å². The quantitative estimate of drug-likeness (QED) is 0.860. The SMILES string of the molecule is CC(C)(C)NC(=O)COC(=O)c1ccccc1N1CCCC1=O. The van der Waals surface area contributed by atoms with Gasteiger partial charge in [0.15, 0.2) is 6.61 Å². The molecule has 1 fully saturated rings.